The molecule has 0 spiro atoms. The van der Waals surface area contributed by atoms with E-state index >= 15 is 0 Å². The van der Waals surface area contributed by atoms with Gasteiger partial charge in [0.15, 0.2) is 0 Å². The zero-order valence-electron chi connectivity index (χ0n) is 12.2. The maximum Gasteiger partial charge on any atom is -0.0105 e. The molecule has 0 aromatic rings. The Balaban J connectivity index is 1.85. The average Bonchev–Trinajstić information content (AvgIpc) is 2.75. The molecule has 104 valence electrons. The molecule has 0 bridgehead atoms. The Morgan fingerprint density at radius 2 is 1.36 bits per heavy atom. The van der Waals surface area contributed by atoms with Gasteiger partial charge in [0, 0.05) is 0 Å². The fourth-order valence-electron chi connectivity index (χ4n) is 2.96. The third-order valence-corrected chi connectivity index (χ3v) is 4.07. The highest BCUT2D eigenvalue weighted by molar-refractivity contribution is 5.90. The lowest BCUT2D eigenvalue weighted by Gasteiger charge is -2.05. The van der Waals surface area contributed by atoms with Gasteiger partial charge >= 0.3 is 0 Å². The number of fused-ring (bicyclic) bond motifs is 2. The zero-order valence-corrected chi connectivity index (χ0v) is 12.2. The van der Waals surface area contributed by atoms with Gasteiger partial charge in [-0.05, 0) is 39.5 Å². The van der Waals surface area contributed by atoms with Crippen LogP contribution < -0.4 is 0 Å². The van der Waals surface area contributed by atoms with E-state index in [-0.39, 0.29) is 0 Å². The van der Waals surface area contributed by atoms with Crippen molar-refractivity contribution in [2.45, 2.75) is 0 Å². The average molecular weight is 280 g/mol. The van der Waals surface area contributed by atoms with Gasteiger partial charge in [-0.3, -0.25) is 0 Å². The monoisotopic (exact) mass is 280 g/mol. The fourth-order valence-corrected chi connectivity index (χ4v) is 2.96. The molecule has 0 radical (unpaired) electrons. The highest BCUT2D eigenvalue weighted by atomic mass is 14.2. The van der Waals surface area contributed by atoms with E-state index in [1.54, 1.807) is 0 Å². The Kier molecular flexibility index (Phi) is 3.21. The molecule has 0 amide bonds. The van der Waals surface area contributed by atoms with Crippen molar-refractivity contribution >= 4 is 5.57 Å². The summed E-state index contributed by atoms with van der Waals surface area (Å²) in [4.78, 5) is 0. The van der Waals surface area contributed by atoms with Gasteiger partial charge < -0.3 is 0 Å². The van der Waals surface area contributed by atoms with Crippen LogP contribution in [0.4, 0.5) is 0 Å². The Morgan fingerprint density at radius 3 is 2.36 bits per heavy atom. The first-order valence-corrected chi connectivity index (χ1v) is 7.55. The van der Waals surface area contributed by atoms with Crippen LogP contribution in [0.1, 0.15) is 5.56 Å². The van der Waals surface area contributed by atoms with E-state index in [0.29, 0.717) is 0 Å². The van der Waals surface area contributed by atoms with Gasteiger partial charge in [-0.2, -0.15) is 0 Å². The number of allylic oxidation sites excluding steroid dienone is 12. The van der Waals surface area contributed by atoms with Crippen LogP contribution in [0.3, 0.4) is 0 Å². The molecule has 0 aromatic carbocycles. The fraction of sp³-hybridized carbons (Fsp3) is 0. The molecule has 22 heavy (non-hydrogen) atoms. The van der Waals surface area contributed by atoms with E-state index in [1.165, 1.54) is 33.4 Å². The molecule has 0 unspecified atom stereocenters. The maximum absolute atomic E-state index is 2.27. The minimum absolute atomic E-state index is 1.25. The van der Waals surface area contributed by atoms with Gasteiger partial charge in [0.05, 0.1) is 0 Å². The van der Waals surface area contributed by atoms with E-state index < -0.39 is 0 Å². The molecule has 0 nitrogen and oxygen atoms in total. The van der Waals surface area contributed by atoms with Gasteiger partial charge in [0.2, 0.25) is 0 Å². The van der Waals surface area contributed by atoms with Gasteiger partial charge in [-0.1, -0.05) is 91.1 Å². The summed E-state index contributed by atoms with van der Waals surface area (Å²) in [6.07, 6.45) is 19.3. The normalized spacial score (nSPS) is 16.5. The predicted molar refractivity (Wildman–Crippen MR) is 94.6 cm³/mol. The summed E-state index contributed by atoms with van der Waals surface area (Å²) in [5, 5.41) is 0. The standard InChI is InChI=1S/C22H16/c1-3-8-17-11-7-12-20(16-19(17)10-5-1)22-15-14-18-9-4-2-6-13-21(18)22/h1-16H. The molecule has 0 atom stereocenters. The van der Waals surface area contributed by atoms with E-state index in [4.69, 9.17) is 0 Å². The molecule has 0 fully saturated rings. The minimum atomic E-state index is 1.25. The Hall–Kier alpha value is -2.86. The summed E-state index contributed by atoms with van der Waals surface area (Å²) in [5.41, 5.74) is 7.61. The Bertz CT molecular complexity index is 867. The van der Waals surface area contributed by atoms with Gasteiger partial charge in [-0.25, -0.2) is 0 Å². The minimum Gasteiger partial charge on any atom is -0.0622 e. The first-order chi connectivity index (χ1) is 10.9. The molecule has 4 rings (SSSR count). The van der Waals surface area contributed by atoms with Crippen molar-refractivity contribution in [1.82, 2.24) is 0 Å². The summed E-state index contributed by atoms with van der Waals surface area (Å²) in [6.45, 7) is 0. The first kappa shape index (κ1) is 12.8. The van der Waals surface area contributed by atoms with Crippen molar-refractivity contribution in [3.05, 3.63) is 114 Å². The van der Waals surface area contributed by atoms with Gasteiger partial charge in [0.25, 0.3) is 0 Å². The van der Waals surface area contributed by atoms with Gasteiger partial charge in [0.1, 0.15) is 0 Å². The van der Waals surface area contributed by atoms with Crippen LogP contribution in [0, 0.1) is 0 Å². The molecule has 0 heterocycles. The highest BCUT2D eigenvalue weighted by Crippen LogP contribution is 2.35. The topological polar surface area (TPSA) is 0 Å². The first-order valence-electron chi connectivity index (χ1n) is 7.55. The third kappa shape index (κ3) is 2.29. The van der Waals surface area contributed by atoms with Crippen LogP contribution in [-0.4, -0.2) is 0 Å². The number of hydrogen-bond donors (Lipinski definition) is 0. The second kappa shape index (κ2) is 5.50. The number of rotatable bonds is 1. The molecular weight excluding hydrogens is 264 g/mol. The predicted octanol–water partition coefficient (Wildman–Crippen LogP) is 5.72. The molecular formula is C22H16. The molecule has 0 saturated heterocycles. The smallest absolute Gasteiger partial charge is 0.0105 e. The van der Waals surface area contributed by atoms with Crippen LogP contribution in [-0.2, 0) is 0 Å². The van der Waals surface area contributed by atoms with E-state index in [1.807, 2.05) is 0 Å². The second-order valence-electron chi connectivity index (χ2n) is 5.47. The summed E-state index contributed by atoms with van der Waals surface area (Å²) in [6, 6.07) is 15.0. The maximum atomic E-state index is 2.27. The SMILES string of the molecule is C1=CC=C2C=C(c3ccc4cccccc3-4)C=CC=C2C=C1. The van der Waals surface area contributed by atoms with Crippen molar-refractivity contribution in [3.63, 3.8) is 0 Å². The van der Waals surface area contributed by atoms with Crippen LogP contribution in [0.15, 0.2) is 108 Å². The lowest BCUT2D eigenvalue weighted by molar-refractivity contribution is 1.57. The lowest BCUT2D eigenvalue weighted by Crippen LogP contribution is -1.84. The molecule has 0 saturated carbocycles. The van der Waals surface area contributed by atoms with Crippen molar-refractivity contribution in [2.24, 2.45) is 0 Å². The summed E-state index contributed by atoms with van der Waals surface area (Å²) >= 11 is 0. The van der Waals surface area contributed by atoms with Crippen molar-refractivity contribution in [2.75, 3.05) is 0 Å². The van der Waals surface area contributed by atoms with Crippen molar-refractivity contribution in [3.8, 4) is 11.1 Å². The van der Waals surface area contributed by atoms with E-state index in [2.05, 4.69) is 97.1 Å². The van der Waals surface area contributed by atoms with E-state index in [9.17, 15) is 0 Å². The Labute approximate surface area is 131 Å². The Morgan fingerprint density at radius 1 is 0.500 bits per heavy atom. The third-order valence-electron chi connectivity index (χ3n) is 4.07. The van der Waals surface area contributed by atoms with E-state index in [0.717, 1.165) is 0 Å². The molecule has 4 aliphatic carbocycles. The lowest BCUT2D eigenvalue weighted by atomic mass is 9.99. The van der Waals surface area contributed by atoms with Gasteiger partial charge in [-0.15, -0.1) is 0 Å². The molecule has 0 heteroatoms. The molecule has 0 aliphatic heterocycles. The van der Waals surface area contributed by atoms with Crippen LogP contribution in [0.2, 0.25) is 0 Å². The van der Waals surface area contributed by atoms with Crippen LogP contribution >= 0.6 is 0 Å². The summed E-state index contributed by atoms with van der Waals surface area (Å²) in [5.74, 6) is 0. The van der Waals surface area contributed by atoms with Crippen molar-refractivity contribution in [1.29, 1.82) is 0 Å². The summed E-state index contributed by atoms with van der Waals surface area (Å²) < 4.78 is 0. The number of hydrogen-bond acceptors (Lipinski definition) is 0. The highest BCUT2D eigenvalue weighted by Gasteiger charge is 2.12. The molecule has 0 aromatic heterocycles. The molecule has 4 aliphatic rings. The van der Waals surface area contributed by atoms with Crippen LogP contribution in [0.25, 0.3) is 16.7 Å². The van der Waals surface area contributed by atoms with Crippen molar-refractivity contribution < 1.29 is 0 Å². The second-order valence-corrected chi connectivity index (χ2v) is 5.47. The largest absolute Gasteiger partial charge is 0.0622 e. The quantitative estimate of drug-likeness (QED) is 0.626. The van der Waals surface area contributed by atoms with Crippen LogP contribution in [0.5, 0.6) is 0 Å². The zero-order chi connectivity index (χ0) is 14.8. The molecule has 0 N–H and O–H groups in total. The summed E-state index contributed by atoms with van der Waals surface area (Å²) in [7, 11) is 0.